The molecule has 0 fully saturated rings. The lowest BCUT2D eigenvalue weighted by Gasteiger charge is -2.03. The van der Waals surface area contributed by atoms with Gasteiger partial charge in [-0.2, -0.15) is 0 Å². The molecule has 1 aromatic carbocycles. The molecule has 1 amide bonds. The SMILES string of the molecule is NC(=O)C1C(=O)Cc2ccccc21. The highest BCUT2D eigenvalue weighted by atomic mass is 16.2. The Bertz CT molecular complexity index is 384. The third kappa shape index (κ3) is 1.13. The molecule has 0 aromatic heterocycles. The number of Topliss-reactive ketones (excluding diaryl/α,β-unsaturated/α-hetero) is 1. The van der Waals surface area contributed by atoms with E-state index in [1.807, 2.05) is 18.2 Å². The largest absolute Gasteiger partial charge is 0.369 e. The van der Waals surface area contributed by atoms with E-state index in [2.05, 4.69) is 0 Å². The average molecular weight is 175 g/mol. The highest BCUT2D eigenvalue weighted by molar-refractivity contribution is 6.09. The lowest BCUT2D eigenvalue weighted by molar-refractivity contribution is -0.127. The smallest absolute Gasteiger partial charge is 0.232 e. The van der Waals surface area contributed by atoms with Crippen molar-refractivity contribution in [2.24, 2.45) is 5.73 Å². The second-order valence-electron chi connectivity index (χ2n) is 3.18. The maximum atomic E-state index is 11.4. The van der Waals surface area contributed by atoms with E-state index >= 15 is 0 Å². The third-order valence-electron chi connectivity index (χ3n) is 2.34. The van der Waals surface area contributed by atoms with Crippen molar-refractivity contribution in [1.29, 1.82) is 0 Å². The highest BCUT2D eigenvalue weighted by Crippen LogP contribution is 2.29. The summed E-state index contributed by atoms with van der Waals surface area (Å²) >= 11 is 0. The minimum atomic E-state index is -0.712. The number of hydrogen-bond donors (Lipinski definition) is 1. The molecule has 1 aliphatic carbocycles. The minimum Gasteiger partial charge on any atom is -0.369 e. The first-order valence-corrected chi connectivity index (χ1v) is 4.10. The van der Waals surface area contributed by atoms with E-state index in [-0.39, 0.29) is 5.78 Å². The van der Waals surface area contributed by atoms with Crippen LogP contribution in [0.5, 0.6) is 0 Å². The van der Waals surface area contributed by atoms with Crippen LogP contribution in [0, 0.1) is 0 Å². The van der Waals surface area contributed by atoms with Gasteiger partial charge in [-0.05, 0) is 11.1 Å². The molecule has 0 saturated carbocycles. The first-order valence-electron chi connectivity index (χ1n) is 4.10. The van der Waals surface area contributed by atoms with Crippen molar-refractivity contribution >= 4 is 11.7 Å². The standard InChI is InChI=1S/C10H9NO2/c11-10(13)9-7-4-2-1-3-6(7)5-8(9)12/h1-4,9H,5H2,(H2,11,13). The second kappa shape index (κ2) is 2.69. The van der Waals surface area contributed by atoms with Gasteiger partial charge in [0, 0.05) is 6.42 Å². The number of rotatable bonds is 1. The van der Waals surface area contributed by atoms with Crippen molar-refractivity contribution in [2.45, 2.75) is 12.3 Å². The average Bonchev–Trinajstić information content (AvgIpc) is 2.39. The number of hydrogen-bond acceptors (Lipinski definition) is 2. The summed E-state index contributed by atoms with van der Waals surface area (Å²) in [6.07, 6.45) is 0.337. The van der Waals surface area contributed by atoms with Crippen molar-refractivity contribution in [3.63, 3.8) is 0 Å². The first-order chi connectivity index (χ1) is 6.20. The van der Waals surface area contributed by atoms with Crippen LogP contribution in [0.2, 0.25) is 0 Å². The molecule has 0 spiro atoms. The Morgan fingerprint density at radius 3 is 2.77 bits per heavy atom. The van der Waals surface area contributed by atoms with Crippen molar-refractivity contribution in [3.8, 4) is 0 Å². The number of nitrogens with two attached hydrogens (primary N) is 1. The first kappa shape index (κ1) is 7.98. The maximum absolute atomic E-state index is 11.4. The Morgan fingerprint density at radius 2 is 2.08 bits per heavy atom. The molecule has 3 nitrogen and oxygen atoms in total. The van der Waals surface area contributed by atoms with Crippen LogP contribution in [0.3, 0.4) is 0 Å². The van der Waals surface area contributed by atoms with Gasteiger partial charge in [-0.15, -0.1) is 0 Å². The Labute approximate surface area is 75.5 Å². The van der Waals surface area contributed by atoms with Gasteiger partial charge < -0.3 is 5.73 Å². The lowest BCUT2D eigenvalue weighted by atomic mass is 10.0. The van der Waals surface area contributed by atoms with Crippen LogP contribution in [-0.4, -0.2) is 11.7 Å². The van der Waals surface area contributed by atoms with Crippen molar-refractivity contribution < 1.29 is 9.59 Å². The summed E-state index contributed by atoms with van der Waals surface area (Å²) in [5, 5.41) is 0. The molecule has 1 aliphatic rings. The van der Waals surface area contributed by atoms with Gasteiger partial charge in [0.15, 0.2) is 5.78 Å². The van der Waals surface area contributed by atoms with E-state index in [1.165, 1.54) is 0 Å². The zero-order valence-corrected chi connectivity index (χ0v) is 6.99. The summed E-state index contributed by atoms with van der Waals surface area (Å²) in [5.74, 6) is -1.35. The van der Waals surface area contributed by atoms with Gasteiger partial charge in [0.25, 0.3) is 0 Å². The van der Waals surface area contributed by atoms with Gasteiger partial charge in [0.05, 0.1) is 0 Å². The van der Waals surface area contributed by atoms with Crippen LogP contribution in [-0.2, 0) is 16.0 Å². The summed E-state index contributed by atoms with van der Waals surface area (Å²) in [5.41, 5.74) is 6.85. The molecule has 2 N–H and O–H groups in total. The van der Waals surface area contributed by atoms with Gasteiger partial charge in [0.1, 0.15) is 5.92 Å². The monoisotopic (exact) mass is 175 g/mol. The van der Waals surface area contributed by atoms with Crippen molar-refractivity contribution in [2.75, 3.05) is 0 Å². The zero-order valence-electron chi connectivity index (χ0n) is 6.99. The van der Waals surface area contributed by atoms with E-state index in [9.17, 15) is 9.59 Å². The predicted octanol–water partition coefficient (Wildman–Crippen LogP) is 0.381. The molecule has 0 radical (unpaired) electrons. The molecule has 1 aromatic rings. The number of benzene rings is 1. The van der Waals surface area contributed by atoms with E-state index < -0.39 is 11.8 Å². The van der Waals surface area contributed by atoms with Gasteiger partial charge >= 0.3 is 0 Å². The van der Waals surface area contributed by atoms with Crippen LogP contribution >= 0.6 is 0 Å². The van der Waals surface area contributed by atoms with E-state index in [0.717, 1.165) is 11.1 Å². The Hall–Kier alpha value is -1.64. The third-order valence-corrected chi connectivity index (χ3v) is 2.34. The Morgan fingerprint density at radius 1 is 1.38 bits per heavy atom. The van der Waals surface area contributed by atoms with E-state index in [1.54, 1.807) is 6.07 Å². The Balaban J connectivity index is 2.52. The molecule has 0 bridgehead atoms. The molecular formula is C10H9NO2. The number of ketones is 1. The summed E-state index contributed by atoms with van der Waals surface area (Å²) in [4.78, 5) is 22.3. The number of carbonyl (C=O) groups is 2. The topological polar surface area (TPSA) is 60.2 Å². The molecule has 13 heavy (non-hydrogen) atoms. The summed E-state index contributed by atoms with van der Waals surface area (Å²) in [6.45, 7) is 0. The molecular weight excluding hydrogens is 166 g/mol. The zero-order chi connectivity index (χ0) is 9.42. The summed E-state index contributed by atoms with van der Waals surface area (Å²) in [6, 6.07) is 7.31. The van der Waals surface area contributed by atoms with Gasteiger partial charge in [-0.25, -0.2) is 0 Å². The number of amides is 1. The predicted molar refractivity (Wildman–Crippen MR) is 47.1 cm³/mol. The maximum Gasteiger partial charge on any atom is 0.232 e. The molecule has 0 saturated heterocycles. The number of fused-ring (bicyclic) bond motifs is 1. The van der Waals surface area contributed by atoms with Gasteiger partial charge in [-0.3, -0.25) is 9.59 Å². The summed E-state index contributed by atoms with van der Waals surface area (Å²) in [7, 11) is 0. The fraction of sp³-hybridized carbons (Fsp3) is 0.200. The van der Waals surface area contributed by atoms with Crippen molar-refractivity contribution in [3.05, 3.63) is 35.4 Å². The molecule has 3 heteroatoms. The quantitative estimate of drug-likeness (QED) is 0.627. The fourth-order valence-electron chi connectivity index (χ4n) is 1.75. The molecule has 1 atom stereocenters. The van der Waals surface area contributed by atoms with E-state index in [4.69, 9.17) is 5.73 Å². The van der Waals surface area contributed by atoms with Crippen LogP contribution in [0.4, 0.5) is 0 Å². The Kier molecular flexibility index (Phi) is 1.65. The van der Waals surface area contributed by atoms with Gasteiger partial charge in [0.2, 0.25) is 5.91 Å². The second-order valence-corrected chi connectivity index (χ2v) is 3.18. The number of carbonyl (C=O) groups excluding carboxylic acids is 2. The molecule has 0 aliphatic heterocycles. The molecule has 2 rings (SSSR count). The number of primary amides is 1. The van der Waals surface area contributed by atoms with Gasteiger partial charge in [-0.1, -0.05) is 24.3 Å². The van der Waals surface area contributed by atoms with Crippen LogP contribution < -0.4 is 5.73 Å². The summed E-state index contributed by atoms with van der Waals surface area (Å²) < 4.78 is 0. The van der Waals surface area contributed by atoms with Crippen molar-refractivity contribution in [1.82, 2.24) is 0 Å². The van der Waals surface area contributed by atoms with Crippen LogP contribution in [0.15, 0.2) is 24.3 Å². The fourth-order valence-corrected chi connectivity index (χ4v) is 1.75. The van der Waals surface area contributed by atoms with E-state index in [0.29, 0.717) is 6.42 Å². The normalized spacial score (nSPS) is 20.0. The minimum absolute atomic E-state index is 0.0892. The molecule has 1 unspecified atom stereocenters. The van der Waals surface area contributed by atoms with Crippen LogP contribution in [0.1, 0.15) is 17.0 Å². The molecule has 0 heterocycles. The molecule has 66 valence electrons. The lowest BCUT2D eigenvalue weighted by Crippen LogP contribution is -2.25. The highest BCUT2D eigenvalue weighted by Gasteiger charge is 2.34. The van der Waals surface area contributed by atoms with Crippen LogP contribution in [0.25, 0.3) is 0 Å².